The van der Waals surface area contributed by atoms with Gasteiger partial charge in [-0.25, -0.2) is 8.78 Å². The van der Waals surface area contributed by atoms with Crippen LogP contribution in [0.1, 0.15) is 36.9 Å². The molecule has 2 aromatic rings. The van der Waals surface area contributed by atoms with Gasteiger partial charge in [0.05, 0.1) is 12.0 Å². The summed E-state index contributed by atoms with van der Waals surface area (Å²) in [5.74, 6) is -3.88. The highest BCUT2D eigenvalue weighted by atomic mass is 19.2. The number of carboxylic acid groups (broad SMARTS) is 1. The van der Waals surface area contributed by atoms with E-state index in [1.165, 1.54) is 6.07 Å². The third-order valence-corrected chi connectivity index (χ3v) is 4.22. The minimum absolute atomic E-state index is 0.161. The van der Waals surface area contributed by atoms with Crippen molar-refractivity contribution in [2.24, 2.45) is 5.92 Å². The van der Waals surface area contributed by atoms with E-state index in [1.807, 2.05) is 6.07 Å². The number of carboxylic acids is 1. The topological polar surface area (TPSA) is 66.4 Å². The van der Waals surface area contributed by atoms with Crippen LogP contribution in [0.4, 0.5) is 8.78 Å². The zero-order valence-electron chi connectivity index (χ0n) is 14.4. The first-order valence-corrected chi connectivity index (χ1v) is 8.39. The minimum Gasteiger partial charge on any atom is -0.481 e. The van der Waals surface area contributed by atoms with Crippen molar-refractivity contribution in [3.8, 4) is 0 Å². The third-order valence-electron chi connectivity index (χ3n) is 4.22. The molecule has 0 aromatic heterocycles. The molecule has 2 N–H and O–H groups in total. The molecule has 1 amide bonds. The highest BCUT2D eigenvalue weighted by Crippen LogP contribution is 2.22. The Bertz CT molecular complexity index is 765. The maximum Gasteiger partial charge on any atom is 0.308 e. The number of aryl methyl sites for hydroxylation is 1. The molecule has 6 heteroatoms. The van der Waals surface area contributed by atoms with E-state index >= 15 is 0 Å². The zero-order chi connectivity index (χ0) is 19.1. The van der Waals surface area contributed by atoms with E-state index in [4.69, 9.17) is 0 Å². The molecule has 0 radical (unpaired) electrons. The van der Waals surface area contributed by atoms with Crippen LogP contribution >= 0.6 is 0 Å². The highest BCUT2D eigenvalue weighted by molar-refractivity contribution is 5.78. The lowest BCUT2D eigenvalue weighted by atomic mass is 9.94. The lowest BCUT2D eigenvalue weighted by Gasteiger charge is -2.23. The van der Waals surface area contributed by atoms with E-state index in [-0.39, 0.29) is 12.3 Å². The first-order chi connectivity index (χ1) is 12.4. The van der Waals surface area contributed by atoms with E-state index in [2.05, 4.69) is 5.32 Å². The van der Waals surface area contributed by atoms with Crippen molar-refractivity contribution >= 4 is 11.9 Å². The molecule has 0 spiro atoms. The molecule has 2 unspecified atom stereocenters. The summed E-state index contributed by atoms with van der Waals surface area (Å²) in [4.78, 5) is 23.6. The second kappa shape index (κ2) is 9.08. The maximum atomic E-state index is 13.2. The normalized spacial score (nSPS) is 13.0. The fraction of sp³-hybridized carbons (Fsp3) is 0.300. The van der Waals surface area contributed by atoms with Gasteiger partial charge in [0.1, 0.15) is 0 Å². The van der Waals surface area contributed by atoms with Crippen molar-refractivity contribution in [3.05, 3.63) is 71.3 Å². The first kappa shape index (κ1) is 19.6. The number of halogens is 2. The average molecular weight is 361 g/mol. The second-order valence-corrected chi connectivity index (χ2v) is 6.18. The Hall–Kier alpha value is -2.76. The first-order valence-electron chi connectivity index (χ1n) is 8.39. The fourth-order valence-electron chi connectivity index (χ4n) is 2.69. The predicted octanol–water partition coefficient (Wildman–Crippen LogP) is 3.87. The van der Waals surface area contributed by atoms with Gasteiger partial charge in [-0.3, -0.25) is 9.59 Å². The molecule has 2 aromatic carbocycles. The SMILES string of the molecule is CC(C(=O)O)C(NC(=O)CCCc1ccc(F)c(F)c1)c1ccccc1. The van der Waals surface area contributed by atoms with Crippen LogP contribution < -0.4 is 5.32 Å². The Morgan fingerprint density at radius 1 is 1.08 bits per heavy atom. The van der Waals surface area contributed by atoms with Gasteiger partial charge in [-0.15, -0.1) is 0 Å². The molecule has 0 aliphatic heterocycles. The van der Waals surface area contributed by atoms with Gasteiger partial charge in [0.15, 0.2) is 11.6 Å². The van der Waals surface area contributed by atoms with Crippen molar-refractivity contribution in [2.75, 3.05) is 0 Å². The minimum atomic E-state index is -0.999. The summed E-state index contributed by atoms with van der Waals surface area (Å²) in [5, 5.41) is 12.0. The largest absolute Gasteiger partial charge is 0.481 e. The van der Waals surface area contributed by atoms with E-state index in [9.17, 15) is 23.5 Å². The third kappa shape index (κ3) is 5.37. The molecule has 2 atom stereocenters. The smallest absolute Gasteiger partial charge is 0.308 e. The van der Waals surface area contributed by atoms with Crippen LogP contribution in [0.25, 0.3) is 0 Å². The maximum absolute atomic E-state index is 13.2. The molecule has 0 saturated heterocycles. The molecule has 0 fully saturated rings. The molecule has 2 rings (SSSR count). The summed E-state index contributed by atoms with van der Waals surface area (Å²) in [5.41, 5.74) is 1.33. The number of carbonyl (C=O) groups excluding carboxylic acids is 1. The molecule has 26 heavy (non-hydrogen) atoms. The zero-order valence-corrected chi connectivity index (χ0v) is 14.4. The summed E-state index contributed by atoms with van der Waals surface area (Å²) in [6.45, 7) is 1.54. The number of hydrogen-bond donors (Lipinski definition) is 2. The monoisotopic (exact) mass is 361 g/mol. The Morgan fingerprint density at radius 2 is 1.77 bits per heavy atom. The van der Waals surface area contributed by atoms with Gasteiger partial charge in [-0.2, -0.15) is 0 Å². The van der Waals surface area contributed by atoms with Gasteiger partial charge in [-0.1, -0.05) is 36.4 Å². The lowest BCUT2D eigenvalue weighted by Crippen LogP contribution is -2.35. The second-order valence-electron chi connectivity index (χ2n) is 6.18. The Kier molecular flexibility index (Phi) is 6.83. The van der Waals surface area contributed by atoms with Crippen molar-refractivity contribution in [3.63, 3.8) is 0 Å². The number of aliphatic carboxylic acids is 1. The summed E-state index contributed by atoms with van der Waals surface area (Å²) in [6, 6.07) is 11.9. The quantitative estimate of drug-likeness (QED) is 0.750. The van der Waals surface area contributed by atoms with Crippen molar-refractivity contribution in [1.29, 1.82) is 0 Å². The number of carbonyl (C=O) groups is 2. The number of benzene rings is 2. The molecule has 0 bridgehead atoms. The van der Waals surface area contributed by atoms with Crippen LogP contribution in [0.2, 0.25) is 0 Å². The molecule has 0 heterocycles. The highest BCUT2D eigenvalue weighted by Gasteiger charge is 2.26. The van der Waals surface area contributed by atoms with Crippen molar-refractivity contribution < 1.29 is 23.5 Å². The summed E-state index contributed by atoms with van der Waals surface area (Å²) < 4.78 is 26.1. The van der Waals surface area contributed by atoms with Gasteiger partial charge in [-0.05, 0) is 43.0 Å². The van der Waals surface area contributed by atoms with Gasteiger partial charge >= 0.3 is 5.97 Å². The molecule has 0 saturated carbocycles. The molecule has 138 valence electrons. The van der Waals surface area contributed by atoms with E-state index in [0.29, 0.717) is 18.4 Å². The van der Waals surface area contributed by atoms with Gasteiger partial charge < -0.3 is 10.4 Å². The van der Waals surface area contributed by atoms with E-state index < -0.39 is 29.6 Å². The van der Waals surface area contributed by atoms with Crippen LogP contribution in [0.3, 0.4) is 0 Å². The molecule has 0 aliphatic carbocycles. The van der Waals surface area contributed by atoms with Crippen molar-refractivity contribution in [1.82, 2.24) is 5.32 Å². The Balaban J connectivity index is 1.94. The average Bonchev–Trinajstić information content (AvgIpc) is 2.62. The predicted molar refractivity (Wildman–Crippen MR) is 93.4 cm³/mol. The van der Waals surface area contributed by atoms with Gasteiger partial charge in [0.2, 0.25) is 5.91 Å². The van der Waals surface area contributed by atoms with E-state index in [1.54, 1.807) is 31.2 Å². The number of hydrogen-bond acceptors (Lipinski definition) is 2. The van der Waals surface area contributed by atoms with Crippen LogP contribution in [-0.4, -0.2) is 17.0 Å². The fourth-order valence-corrected chi connectivity index (χ4v) is 2.69. The number of amides is 1. The summed E-state index contributed by atoms with van der Waals surface area (Å²) >= 11 is 0. The molecular weight excluding hydrogens is 340 g/mol. The Labute approximate surface area is 150 Å². The van der Waals surface area contributed by atoms with Gasteiger partial charge in [0.25, 0.3) is 0 Å². The summed E-state index contributed by atoms with van der Waals surface area (Å²) in [6.07, 6.45) is 1.03. The summed E-state index contributed by atoms with van der Waals surface area (Å²) in [7, 11) is 0. The van der Waals surface area contributed by atoms with Crippen LogP contribution in [0, 0.1) is 17.6 Å². The molecule has 0 aliphatic rings. The molecule has 4 nitrogen and oxygen atoms in total. The Morgan fingerprint density at radius 3 is 2.38 bits per heavy atom. The number of rotatable bonds is 8. The van der Waals surface area contributed by atoms with Crippen LogP contribution in [0.5, 0.6) is 0 Å². The van der Waals surface area contributed by atoms with E-state index in [0.717, 1.165) is 17.7 Å². The van der Waals surface area contributed by atoms with Crippen LogP contribution in [0.15, 0.2) is 48.5 Å². The van der Waals surface area contributed by atoms with Crippen LogP contribution in [-0.2, 0) is 16.0 Å². The molecular formula is C20H21F2NO3. The standard InChI is InChI=1S/C20H21F2NO3/c1-13(20(25)26)19(15-7-3-2-4-8-15)23-18(24)9-5-6-14-10-11-16(21)17(22)12-14/h2-4,7-8,10-13,19H,5-6,9H2,1H3,(H,23,24)(H,25,26). The lowest BCUT2D eigenvalue weighted by molar-refractivity contribution is -0.142. The number of nitrogens with one attached hydrogen (secondary N) is 1. The van der Waals surface area contributed by atoms with Crippen molar-refractivity contribution in [2.45, 2.75) is 32.2 Å². The van der Waals surface area contributed by atoms with Gasteiger partial charge in [0, 0.05) is 6.42 Å².